The number of ether oxygens (including phenoxy) is 1. The molecule has 1 saturated carbocycles. The molecule has 0 aliphatic heterocycles. The van der Waals surface area contributed by atoms with Crippen molar-refractivity contribution < 1.29 is 23.1 Å². The predicted molar refractivity (Wildman–Crippen MR) is 77.1 cm³/mol. The van der Waals surface area contributed by atoms with Gasteiger partial charge < -0.3 is 9.84 Å². The van der Waals surface area contributed by atoms with Gasteiger partial charge in [0.05, 0.1) is 22.1 Å². The van der Waals surface area contributed by atoms with E-state index >= 15 is 0 Å². The number of benzene rings is 1. The number of carboxylic acids is 1. The van der Waals surface area contributed by atoms with Crippen LogP contribution >= 0.6 is 11.6 Å². The van der Waals surface area contributed by atoms with Crippen LogP contribution in [0.2, 0.25) is 5.02 Å². The summed E-state index contributed by atoms with van der Waals surface area (Å²) in [5.41, 5.74) is -0.133. The lowest BCUT2D eigenvalue weighted by molar-refractivity contribution is 0.0697. The van der Waals surface area contributed by atoms with Crippen molar-refractivity contribution in [2.75, 3.05) is 13.7 Å². The Morgan fingerprint density at radius 3 is 2.67 bits per heavy atom. The van der Waals surface area contributed by atoms with E-state index in [9.17, 15) is 13.2 Å². The Kier molecular flexibility index (Phi) is 4.88. The first-order valence-electron chi connectivity index (χ1n) is 6.39. The lowest BCUT2D eigenvalue weighted by Crippen LogP contribution is -2.39. The molecule has 0 bridgehead atoms. The average molecular weight is 334 g/mol. The monoisotopic (exact) mass is 333 g/mol. The van der Waals surface area contributed by atoms with Crippen molar-refractivity contribution in [1.29, 1.82) is 0 Å². The van der Waals surface area contributed by atoms with Gasteiger partial charge in [-0.05, 0) is 37.0 Å². The smallest absolute Gasteiger partial charge is 0.337 e. The Morgan fingerprint density at radius 2 is 2.19 bits per heavy atom. The second-order valence-corrected chi connectivity index (χ2v) is 7.09. The van der Waals surface area contributed by atoms with Gasteiger partial charge >= 0.3 is 5.97 Å². The predicted octanol–water partition coefficient (Wildman–Crippen LogP) is 1.74. The second-order valence-electron chi connectivity index (χ2n) is 4.97. The fourth-order valence-corrected chi connectivity index (χ4v) is 3.69. The van der Waals surface area contributed by atoms with Crippen molar-refractivity contribution >= 4 is 27.6 Å². The van der Waals surface area contributed by atoms with Crippen LogP contribution in [0.25, 0.3) is 0 Å². The minimum Gasteiger partial charge on any atom is -0.478 e. The fraction of sp³-hybridized carbons (Fsp3) is 0.462. The van der Waals surface area contributed by atoms with Gasteiger partial charge in [-0.15, -0.1) is 0 Å². The van der Waals surface area contributed by atoms with Crippen molar-refractivity contribution in [2.45, 2.75) is 23.8 Å². The first kappa shape index (κ1) is 16.2. The molecule has 0 amide bonds. The van der Waals surface area contributed by atoms with Crippen molar-refractivity contribution in [3.63, 3.8) is 0 Å². The van der Waals surface area contributed by atoms with Crippen molar-refractivity contribution in [3.8, 4) is 0 Å². The summed E-state index contributed by atoms with van der Waals surface area (Å²) in [4.78, 5) is 10.8. The molecule has 8 heteroatoms. The van der Waals surface area contributed by atoms with Gasteiger partial charge in [-0.2, -0.15) is 0 Å². The highest BCUT2D eigenvalue weighted by Gasteiger charge is 2.34. The molecular weight excluding hydrogens is 318 g/mol. The maximum Gasteiger partial charge on any atom is 0.337 e. The maximum absolute atomic E-state index is 12.3. The van der Waals surface area contributed by atoms with Gasteiger partial charge in [0.15, 0.2) is 0 Å². The van der Waals surface area contributed by atoms with Crippen LogP contribution in [0.3, 0.4) is 0 Å². The number of carbonyl (C=O) groups is 1. The molecule has 1 aromatic rings. The number of carboxylic acid groups (broad SMARTS) is 1. The van der Waals surface area contributed by atoms with Crippen LogP contribution in [0.1, 0.15) is 23.2 Å². The zero-order valence-corrected chi connectivity index (χ0v) is 12.9. The van der Waals surface area contributed by atoms with Gasteiger partial charge in [-0.3, -0.25) is 0 Å². The van der Waals surface area contributed by atoms with Gasteiger partial charge in [-0.1, -0.05) is 11.6 Å². The van der Waals surface area contributed by atoms with E-state index in [1.165, 1.54) is 19.2 Å². The summed E-state index contributed by atoms with van der Waals surface area (Å²) in [6, 6.07) is 3.28. The molecular formula is C13H16ClNO5S. The van der Waals surface area contributed by atoms with Crippen LogP contribution in [-0.2, 0) is 14.8 Å². The fourth-order valence-electron chi connectivity index (χ4n) is 2.05. The second kappa shape index (κ2) is 6.31. The number of halogens is 1. The summed E-state index contributed by atoms with van der Waals surface area (Å²) in [5, 5.41) is 8.78. The lowest BCUT2D eigenvalue weighted by atomic mass is 10.2. The van der Waals surface area contributed by atoms with E-state index in [1.54, 1.807) is 0 Å². The van der Waals surface area contributed by atoms with Crippen molar-refractivity contribution in [2.24, 2.45) is 5.92 Å². The van der Waals surface area contributed by atoms with E-state index in [0.29, 0.717) is 6.61 Å². The van der Waals surface area contributed by atoms with Crippen LogP contribution in [0, 0.1) is 5.92 Å². The number of hydrogen-bond acceptors (Lipinski definition) is 4. The molecule has 116 valence electrons. The van der Waals surface area contributed by atoms with E-state index in [4.69, 9.17) is 21.4 Å². The minimum absolute atomic E-state index is 0.0562. The van der Waals surface area contributed by atoms with Gasteiger partial charge in [0, 0.05) is 13.2 Å². The summed E-state index contributed by atoms with van der Waals surface area (Å²) in [7, 11) is -2.24. The highest BCUT2D eigenvalue weighted by atomic mass is 35.5. The summed E-state index contributed by atoms with van der Waals surface area (Å²) in [6.07, 6.45) is 1.94. The molecule has 1 fully saturated rings. The highest BCUT2D eigenvalue weighted by Crippen LogP contribution is 2.33. The van der Waals surface area contributed by atoms with Crippen LogP contribution in [-0.4, -0.2) is 39.3 Å². The molecule has 1 unspecified atom stereocenters. The largest absolute Gasteiger partial charge is 0.478 e. The average Bonchev–Trinajstić information content (AvgIpc) is 3.21. The van der Waals surface area contributed by atoms with Crippen LogP contribution < -0.4 is 4.72 Å². The molecule has 0 radical (unpaired) electrons. The van der Waals surface area contributed by atoms with E-state index in [2.05, 4.69) is 4.72 Å². The molecule has 0 heterocycles. The van der Waals surface area contributed by atoms with Crippen molar-refractivity contribution in [3.05, 3.63) is 28.8 Å². The van der Waals surface area contributed by atoms with E-state index < -0.39 is 16.0 Å². The zero-order chi connectivity index (χ0) is 15.6. The molecule has 0 spiro atoms. The minimum atomic E-state index is -3.76. The quantitative estimate of drug-likeness (QED) is 0.793. The SMILES string of the molecule is COCC(NS(=O)(=O)c1ccc(C(=O)O)c(Cl)c1)C1CC1. The molecule has 6 nitrogen and oxygen atoms in total. The molecule has 1 aliphatic rings. The molecule has 21 heavy (non-hydrogen) atoms. The number of hydrogen-bond donors (Lipinski definition) is 2. The summed E-state index contributed by atoms with van der Waals surface area (Å²) >= 11 is 5.81. The van der Waals surface area contributed by atoms with E-state index in [-0.39, 0.29) is 27.4 Å². The van der Waals surface area contributed by atoms with Gasteiger partial charge in [0.2, 0.25) is 10.0 Å². The number of methoxy groups -OCH3 is 1. The van der Waals surface area contributed by atoms with Crippen LogP contribution in [0.15, 0.2) is 23.1 Å². The summed E-state index contributed by atoms with van der Waals surface area (Å²) < 4.78 is 32.2. The third-order valence-corrected chi connectivity index (χ3v) is 5.13. The molecule has 2 N–H and O–H groups in total. The number of nitrogens with one attached hydrogen (secondary N) is 1. The third-order valence-electron chi connectivity index (χ3n) is 3.33. The Labute approximate surface area is 128 Å². The Morgan fingerprint density at radius 1 is 1.52 bits per heavy atom. The van der Waals surface area contributed by atoms with Gasteiger partial charge in [0.1, 0.15) is 0 Å². The van der Waals surface area contributed by atoms with Crippen molar-refractivity contribution in [1.82, 2.24) is 4.72 Å². The summed E-state index contributed by atoms with van der Waals surface area (Å²) in [5.74, 6) is -0.916. The molecule has 1 aliphatic carbocycles. The van der Waals surface area contributed by atoms with E-state index in [0.717, 1.165) is 18.9 Å². The standard InChI is InChI=1S/C13H16ClNO5S/c1-20-7-12(8-2-3-8)15-21(18,19)9-4-5-10(13(16)17)11(14)6-9/h4-6,8,12,15H,2-3,7H2,1H3,(H,16,17). The number of sulfonamides is 1. The van der Waals surface area contributed by atoms with Crippen LogP contribution in [0.4, 0.5) is 0 Å². The Hall–Kier alpha value is -1.15. The maximum atomic E-state index is 12.3. The molecule has 2 rings (SSSR count). The lowest BCUT2D eigenvalue weighted by Gasteiger charge is -2.17. The normalized spacial score (nSPS) is 16.7. The topological polar surface area (TPSA) is 92.7 Å². The number of rotatable bonds is 7. The Balaban J connectivity index is 2.22. The highest BCUT2D eigenvalue weighted by molar-refractivity contribution is 7.89. The first-order chi connectivity index (χ1) is 9.85. The number of aromatic carboxylic acids is 1. The Bertz CT molecular complexity index is 642. The van der Waals surface area contributed by atoms with E-state index in [1.807, 2.05) is 0 Å². The zero-order valence-electron chi connectivity index (χ0n) is 11.4. The summed E-state index contributed by atoms with van der Waals surface area (Å²) in [6.45, 7) is 0.296. The van der Waals surface area contributed by atoms with Gasteiger partial charge in [0.25, 0.3) is 0 Å². The molecule has 0 saturated heterocycles. The molecule has 1 aromatic carbocycles. The molecule has 0 aromatic heterocycles. The molecule has 1 atom stereocenters. The first-order valence-corrected chi connectivity index (χ1v) is 8.25. The van der Waals surface area contributed by atoms with Gasteiger partial charge in [-0.25, -0.2) is 17.9 Å². The van der Waals surface area contributed by atoms with Crippen LogP contribution in [0.5, 0.6) is 0 Å². The third kappa shape index (κ3) is 3.94.